The molecule has 0 radical (unpaired) electrons. The Hall–Kier alpha value is -2.49. The van der Waals surface area contributed by atoms with E-state index in [0.717, 1.165) is 12.8 Å². The minimum atomic E-state index is -1.39. The number of rotatable bonds is 4. The third-order valence-corrected chi connectivity index (χ3v) is 5.83. The molecule has 1 aromatic carbocycles. The molecule has 9 nitrogen and oxygen atoms in total. The van der Waals surface area contributed by atoms with Crippen LogP contribution in [0.25, 0.3) is 11.0 Å². The van der Waals surface area contributed by atoms with E-state index in [-0.39, 0.29) is 17.7 Å². The molecule has 0 aliphatic carbocycles. The van der Waals surface area contributed by atoms with Crippen molar-refractivity contribution in [1.82, 2.24) is 14.9 Å². The van der Waals surface area contributed by atoms with Gasteiger partial charge in [-0.2, -0.15) is 0 Å². The summed E-state index contributed by atoms with van der Waals surface area (Å²) in [6.07, 6.45) is 1.35. The Kier molecular flexibility index (Phi) is 5.69. The van der Waals surface area contributed by atoms with Gasteiger partial charge in [-0.05, 0) is 45.6 Å². The molecule has 1 aliphatic heterocycles. The molecule has 10 heteroatoms. The molecule has 2 heterocycles. The monoisotopic (exact) mass is 408 g/mol. The van der Waals surface area contributed by atoms with Gasteiger partial charge < -0.3 is 14.6 Å². The lowest BCUT2D eigenvalue weighted by Crippen LogP contribution is -2.44. The van der Waals surface area contributed by atoms with Crippen molar-refractivity contribution in [3.63, 3.8) is 0 Å². The van der Waals surface area contributed by atoms with E-state index in [0.29, 0.717) is 35.0 Å². The van der Waals surface area contributed by atoms with Gasteiger partial charge >= 0.3 is 6.09 Å². The topological polar surface area (TPSA) is 118 Å². The van der Waals surface area contributed by atoms with Crippen LogP contribution >= 0.6 is 0 Å². The van der Waals surface area contributed by atoms with Crippen molar-refractivity contribution in [1.29, 1.82) is 0 Å². The van der Waals surface area contributed by atoms with Gasteiger partial charge in [0.25, 0.3) is 5.69 Å². The highest BCUT2D eigenvalue weighted by Crippen LogP contribution is 2.23. The Morgan fingerprint density at radius 3 is 2.89 bits per heavy atom. The number of nitro groups is 1. The molecule has 0 bridgehead atoms. The maximum atomic E-state index is 12.8. The van der Waals surface area contributed by atoms with Crippen LogP contribution in [0.4, 0.5) is 10.5 Å². The highest BCUT2D eigenvalue weighted by molar-refractivity contribution is 7.84. The highest BCUT2D eigenvalue weighted by Gasteiger charge is 2.29. The Labute approximate surface area is 165 Å². The Bertz CT molecular complexity index is 920. The number of nitrogens with one attached hydrogen (secondary N) is 1. The summed E-state index contributed by atoms with van der Waals surface area (Å²) in [7, 11) is -1.39. The second-order valence-corrected chi connectivity index (χ2v) is 9.36. The minimum Gasteiger partial charge on any atom is -0.444 e. The van der Waals surface area contributed by atoms with Crippen LogP contribution < -0.4 is 0 Å². The fraction of sp³-hybridized carbons (Fsp3) is 0.556. The first-order valence-electron chi connectivity index (χ1n) is 9.13. The van der Waals surface area contributed by atoms with Crippen molar-refractivity contribution < 1.29 is 18.7 Å². The predicted octanol–water partition coefficient (Wildman–Crippen LogP) is 3.23. The summed E-state index contributed by atoms with van der Waals surface area (Å²) in [5.41, 5.74) is 0.419. The molecule has 1 amide bonds. The van der Waals surface area contributed by atoms with Gasteiger partial charge in [0.2, 0.25) is 0 Å². The Balaban J connectivity index is 1.66. The molecule has 0 unspecified atom stereocenters. The number of benzene rings is 1. The number of likely N-dealkylation sites (tertiary alicyclic amines) is 1. The van der Waals surface area contributed by atoms with Crippen LogP contribution in [0.5, 0.6) is 0 Å². The van der Waals surface area contributed by atoms with Crippen LogP contribution in [0.15, 0.2) is 23.4 Å². The standard InChI is InChI=1S/C18H24N4O5S/c1-18(2,3)27-17(23)21-8-4-5-12(10-21)11-28(26)16-19-14-7-6-13(22(24)25)9-15(14)20-16/h6-7,9,12H,4-5,8,10-11H2,1-3H3,(H,19,20)/t12-,28+/m1/s1. The van der Waals surface area contributed by atoms with Gasteiger partial charge in [-0.25, -0.2) is 9.78 Å². The SMILES string of the molecule is CC(C)(C)OC(=O)N1CCC[C@@H](C[S@](=O)c2nc3ccc([N+](=O)[O-])cc3[nH]2)C1. The average Bonchev–Trinajstić information content (AvgIpc) is 3.04. The normalized spacial score (nSPS) is 18.8. The molecule has 1 aliphatic rings. The fourth-order valence-corrected chi connectivity index (χ4v) is 4.46. The zero-order chi connectivity index (χ0) is 20.5. The first-order chi connectivity index (χ1) is 13.1. The molecular formula is C18H24N4O5S. The third kappa shape index (κ3) is 4.86. The van der Waals surface area contributed by atoms with Gasteiger partial charge in [-0.15, -0.1) is 0 Å². The van der Waals surface area contributed by atoms with Gasteiger partial charge in [0.05, 0.1) is 26.8 Å². The maximum absolute atomic E-state index is 12.8. The largest absolute Gasteiger partial charge is 0.444 e. The third-order valence-electron chi connectivity index (χ3n) is 4.43. The number of piperidine rings is 1. The van der Waals surface area contributed by atoms with E-state index in [1.807, 2.05) is 20.8 Å². The zero-order valence-electron chi connectivity index (χ0n) is 16.1. The lowest BCUT2D eigenvalue weighted by Gasteiger charge is -2.33. The first-order valence-corrected chi connectivity index (χ1v) is 10.4. The summed E-state index contributed by atoms with van der Waals surface area (Å²) >= 11 is 0. The summed E-state index contributed by atoms with van der Waals surface area (Å²) in [5, 5.41) is 11.2. The fourth-order valence-electron chi connectivity index (χ4n) is 3.18. The number of ether oxygens (including phenoxy) is 1. The molecule has 152 valence electrons. The van der Waals surface area contributed by atoms with Crippen LogP contribution in [0.3, 0.4) is 0 Å². The Morgan fingerprint density at radius 1 is 1.46 bits per heavy atom. The Morgan fingerprint density at radius 2 is 2.21 bits per heavy atom. The second-order valence-electron chi connectivity index (χ2n) is 7.95. The van der Waals surface area contributed by atoms with Gasteiger partial charge in [-0.1, -0.05) is 0 Å². The maximum Gasteiger partial charge on any atom is 0.410 e. The van der Waals surface area contributed by atoms with Crippen LogP contribution in [0.1, 0.15) is 33.6 Å². The highest BCUT2D eigenvalue weighted by atomic mass is 32.2. The number of amides is 1. The average molecular weight is 408 g/mol. The summed E-state index contributed by atoms with van der Waals surface area (Å²) in [5.74, 6) is 0.436. The molecule has 1 N–H and O–H groups in total. The van der Waals surface area contributed by atoms with Crippen LogP contribution in [-0.4, -0.2) is 54.5 Å². The molecular weight excluding hydrogens is 384 g/mol. The second kappa shape index (κ2) is 7.86. The molecule has 2 atom stereocenters. The molecule has 28 heavy (non-hydrogen) atoms. The number of nitro benzene ring substituents is 1. The number of aromatic amines is 1. The van der Waals surface area contributed by atoms with Crippen molar-refractivity contribution >= 4 is 33.6 Å². The predicted molar refractivity (Wildman–Crippen MR) is 105 cm³/mol. The van der Waals surface area contributed by atoms with Gasteiger partial charge in [0.15, 0.2) is 5.16 Å². The lowest BCUT2D eigenvalue weighted by atomic mass is 10.0. The van der Waals surface area contributed by atoms with Gasteiger partial charge in [0.1, 0.15) is 5.60 Å². The number of aromatic nitrogens is 2. The number of fused-ring (bicyclic) bond motifs is 1. The number of carbonyl (C=O) groups is 1. The molecule has 0 spiro atoms. The number of carbonyl (C=O) groups excluding carboxylic acids is 1. The smallest absolute Gasteiger partial charge is 0.410 e. The van der Waals surface area contributed by atoms with E-state index in [1.165, 1.54) is 18.2 Å². The molecule has 0 saturated carbocycles. The van der Waals surface area contributed by atoms with Crippen molar-refractivity contribution in [3.8, 4) is 0 Å². The summed E-state index contributed by atoms with van der Waals surface area (Å²) in [6, 6.07) is 4.29. The van der Waals surface area contributed by atoms with E-state index in [2.05, 4.69) is 9.97 Å². The van der Waals surface area contributed by atoms with E-state index in [9.17, 15) is 19.1 Å². The van der Waals surface area contributed by atoms with E-state index < -0.39 is 21.3 Å². The van der Waals surface area contributed by atoms with E-state index in [1.54, 1.807) is 4.90 Å². The van der Waals surface area contributed by atoms with E-state index in [4.69, 9.17) is 4.74 Å². The van der Waals surface area contributed by atoms with E-state index >= 15 is 0 Å². The van der Waals surface area contributed by atoms with Crippen LogP contribution in [0, 0.1) is 16.0 Å². The number of non-ortho nitro benzene ring substituents is 1. The van der Waals surface area contributed by atoms with Crippen LogP contribution in [0.2, 0.25) is 0 Å². The lowest BCUT2D eigenvalue weighted by molar-refractivity contribution is -0.384. The van der Waals surface area contributed by atoms with Gasteiger partial charge in [-0.3, -0.25) is 14.3 Å². The number of H-pyrrole nitrogens is 1. The molecule has 2 aromatic rings. The quantitative estimate of drug-likeness (QED) is 0.613. The number of imidazole rings is 1. The number of hydrogen-bond donors (Lipinski definition) is 1. The summed E-state index contributed by atoms with van der Waals surface area (Å²) < 4.78 is 18.2. The number of nitrogens with zero attached hydrogens (tertiary/aromatic N) is 3. The first kappa shape index (κ1) is 20.2. The van der Waals surface area contributed by atoms with Gasteiger partial charge in [0, 0.05) is 31.0 Å². The van der Waals surface area contributed by atoms with Crippen LogP contribution in [-0.2, 0) is 15.5 Å². The summed E-state index contributed by atoms with van der Waals surface area (Å²) in [6.45, 7) is 6.60. The van der Waals surface area contributed by atoms with Crippen molar-refractivity contribution in [3.05, 3.63) is 28.3 Å². The van der Waals surface area contributed by atoms with Crippen molar-refractivity contribution in [2.75, 3.05) is 18.8 Å². The zero-order valence-corrected chi connectivity index (χ0v) is 17.0. The molecule has 3 rings (SSSR count). The van der Waals surface area contributed by atoms with Crippen molar-refractivity contribution in [2.24, 2.45) is 5.92 Å². The molecule has 1 saturated heterocycles. The molecule has 1 fully saturated rings. The minimum absolute atomic E-state index is 0.0474. The number of hydrogen-bond acceptors (Lipinski definition) is 6. The molecule has 1 aromatic heterocycles. The summed E-state index contributed by atoms with van der Waals surface area (Å²) in [4.78, 5) is 31.6. The van der Waals surface area contributed by atoms with Crippen molar-refractivity contribution in [2.45, 2.75) is 44.4 Å².